The monoisotopic (exact) mass is 404 g/mol. The number of benzene rings is 2. The predicted octanol–water partition coefficient (Wildman–Crippen LogP) is 3.26. The summed E-state index contributed by atoms with van der Waals surface area (Å²) in [6, 6.07) is 17.3. The molecule has 2 aromatic carbocycles. The van der Waals surface area contributed by atoms with Crippen LogP contribution < -0.4 is 11.1 Å². The molecule has 2 amide bonds. The van der Waals surface area contributed by atoms with Crippen LogP contribution in [0.25, 0.3) is 21.8 Å². The van der Waals surface area contributed by atoms with Crippen molar-refractivity contribution in [3.8, 4) is 0 Å². The number of fused-ring (bicyclic) bond motifs is 2. The minimum atomic E-state index is -0.892. The van der Waals surface area contributed by atoms with E-state index in [0.29, 0.717) is 32.5 Å². The molecule has 0 aliphatic carbocycles. The summed E-state index contributed by atoms with van der Waals surface area (Å²) in [5.74, 6) is -1.01. The number of carbonyl (C=O) groups is 2. The highest BCUT2D eigenvalue weighted by atomic mass is 35.5. The van der Waals surface area contributed by atoms with Gasteiger partial charge in [-0.15, -0.1) is 0 Å². The molecular weight excluding hydrogens is 388 g/mol. The van der Waals surface area contributed by atoms with Crippen LogP contribution in [-0.2, 0) is 11.2 Å². The molecule has 1 atom stereocenters. The molecule has 2 heterocycles. The van der Waals surface area contributed by atoms with Crippen molar-refractivity contribution in [1.82, 2.24) is 15.3 Å². The highest BCUT2D eigenvalue weighted by Crippen LogP contribution is 2.26. The van der Waals surface area contributed by atoms with E-state index in [1.165, 1.54) is 0 Å². The normalized spacial score (nSPS) is 12.0. The molecule has 0 saturated carbocycles. The molecule has 7 heteroatoms. The third-order valence-electron chi connectivity index (χ3n) is 4.69. The van der Waals surface area contributed by atoms with E-state index in [9.17, 15) is 9.59 Å². The maximum Gasteiger partial charge on any atom is 0.253 e. The van der Waals surface area contributed by atoms with Gasteiger partial charge in [0.25, 0.3) is 5.91 Å². The van der Waals surface area contributed by atoms with Gasteiger partial charge in [-0.1, -0.05) is 54.1 Å². The van der Waals surface area contributed by atoms with E-state index < -0.39 is 11.9 Å². The Labute approximate surface area is 171 Å². The maximum absolute atomic E-state index is 13.2. The number of para-hydroxylation sites is 2. The minimum Gasteiger partial charge on any atom is -0.368 e. The molecule has 0 radical (unpaired) electrons. The van der Waals surface area contributed by atoms with Gasteiger partial charge < -0.3 is 11.1 Å². The van der Waals surface area contributed by atoms with Crippen molar-refractivity contribution in [2.45, 2.75) is 12.5 Å². The molecule has 0 fully saturated rings. The fourth-order valence-corrected chi connectivity index (χ4v) is 3.41. The summed E-state index contributed by atoms with van der Waals surface area (Å²) in [6.45, 7) is 0. The molecule has 0 unspecified atom stereocenters. The molecule has 0 aliphatic heterocycles. The first-order valence-corrected chi connectivity index (χ1v) is 9.39. The number of halogens is 1. The Morgan fingerprint density at radius 2 is 1.59 bits per heavy atom. The van der Waals surface area contributed by atoms with Crippen molar-refractivity contribution >= 4 is 45.2 Å². The summed E-state index contributed by atoms with van der Waals surface area (Å²) in [6.07, 6.45) is 1.77. The molecule has 144 valence electrons. The Hall–Kier alpha value is -3.51. The lowest BCUT2D eigenvalue weighted by atomic mass is 10.0. The van der Waals surface area contributed by atoms with Crippen molar-refractivity contribution < 1.29 is 9.59 Å². The second-order valence-corrected chi connectivity index (χ2v) is 7.03. The molecule has 6 nitrogen and oxygen atoms in total. The molecular formula is C22H17ClN4O2. The summed E-state index contributed by atoms with van der Waals surface area (Å²) in [4.78, 5) is 33.9. The largest absolute Gasteiger partial charge is 0.368 e. The van der Waals surface area contributed by atoms with Crippen molar-refractivity contribution in [1.29, 1.82) is 0 Å². The number of nitrogens with zero attached hydrogens (tertiary/aromatic N) is 2. The van der Waals surface area contributed by atoms with Crippen LogP contribution in [0.2, 0.25) is 5.15 Å². The van der Waals surface area contributed by atoms with Crippen LogP contribution in [-0.4, -0.2) is 27.8 Å². The fourth-order valence-electron chi connectivity index (χ4n) is 3.30. The highest BCUT2D eigenvalue weighted by Gasteiger charge is 2.22. The lowest BCUT2D eigenvalue weighted by Crippen LogP contribution is -2.46. The SMILES string of the molecule is NC(=O)[C@H](Cc1ccc(Cl)nc1)NC(=O)c1c2ccccc2nc2ccccc12. The van der Waals surface area contributed by atoms with Crippen molar-refractivity contribution in [3.05, 3.63) is 83.1 Å². The van der Waals surface area contributed by atoms with E-state index in [1.54, 1.807) is 18.3 Å². The first-order chi connectivity index (χ1) is 14.0. The fraction of sp³-hybridized carbons (Fsp3) is 0.0909. The minimum absolute atomic E-state index is 0.214. The number of primary amides is 1. The quantitative estimate of drug-likeness (QED) is 0.394. The number of nitrogens with two attached hydrogens (primary N) is 1. The van der Waals surface area contributed by atoms with Gasteiger partial charge in [-0.25, -0.2) is 9.97 Å². The van der Waals surface area contributed by atoms with Crippen LogP contribution >= 0.6 is 11.6 Å². The zero-order chi connectivity index (χ0) is 20.4. The lowest BCUT2D eigenvalue weighted by molar-refractivity contribution is -0.119. The van der Waals surface area contributed by atoms with Crippen LogP contribution in [0, 0.1) is 0 Å². The average molecular weight is 405 g/mol. The number of aromatic nitrogens is 2. The first kappa shape index (κ1) is 18.8. The molecule has 4 rings (SSSR count). The Kier molecular flexibility index (Phi) is 5.10. The van der Waals surface area contributed by atoms with Gasteiger partial charge in [0.2, 0.25) is 5.91 Å². The number of hydrogen-bond donors (Lipinski definition) is 2. The summed E-state index contributed by atoms with van der Waals surface area (Å²) in [5, 5.41) is 4.55. The van der Waals surface area contributed by atoms with Crippen LogP contribution in [0.15, 0.2) is 66.9 Å². The first-order valence-electron chi connectivity index (χ1n) is 9.01. The van der Waals surface area contributed by atoms with Crippen LogP contribution in [0.5, 0.6) is 0 Å². The zero-order valence-electron chi connectivity index (χ0n) is 15.3. The van der Waals surface area contributed by atoms with Gasteiger partial charge >= 0.3 is 0 Å². The third-order valence-corrected chi connectivity index (χ3v) is 4.92. The highest BCUT2D eigenvalue weighted by molar-refractivity contribution is 6.29. The maximum atomic E-state index is 13.2. The van der Waals surface area contributed by atoms with Crippen LogP contribution in [0.4, 0.5) is 0 Å². The molecule has 4 aromatic rings. The van der Waals surface area contributed by atoms with Gasteiger partial charge in [0.05, 0.1) is 16.6 Å². The number of pyridine rings is 2. The molecule has 29 heavy (non-hydrogen) atoms. The Morgan fingerprint density at radius 3 is 2.14 bits per heavy atom. The lowest BCUT2D eigenvalue weighted by Gasteiger charge is -2.17. The van der Waals surface area contributed by atoms with Crippen molar-refractivity contribution in [2.75, 3.05) is 0 Å². The van der Waals surface area contributed by atoms with Gasteiger partial charge in [-0.2, -0.15) is 0 Å². The summed E-state index contributed by atoms with van der Waals surface area (Å²) in [5.41, 5.74) is 8.16. The van der Waals surface area contributed by atoms with Gasteiger partial charge in [0, 0.05) is 23.4 Å². The Balaban J connectivity index is 1.73. The van der Waals surface area contributed by atoms with Gasteiger partial charge in [-0.05, 0) is 23.8 Å². The van der Waals surface area contributed by atoms with E-state index in [2.05, 4.69) is 15.3 Å². The predicted molar refractivity (Wildman–Crippen MR) is 113 cm³/mol. The molecule has 2 aromatic heterocycles. The van der Waals surface area contributed by atoms with E-state index in [4.69, 9.17) is 17.3 Å². The van der Waals surface area contributed by atoms with Gasteiger partial charge in [0.1, 0.15) is 11.2 Å². The number of rotatable bonds is 5. The number of hydrogen-bond acceptors (Lipinski definition) is 4. The van der Waals surface area contributed by atoms with E-state index in [0.717, 1.165) is 5.56 Å². The molecule has 0 saturated heterocycles. The van der Waals surface area contributed by atoms with Crippen molar-refractivity contribution in [3.63, 3.8) is 0 Å². The second kappa shape index (κ2) is 7.85. The standard InChI is InChI=1S/C22H17ClN4O2/c23-19-10-9-13(12-25-19)11-18(21(24)28)27-22(29)20-14-5-1-3-7-16(14)26-17-8-4-2-6-15(17)20/h1-10,12,18H,11H2,(H2,24,28)(H,27,29)/t18-/m0/s1. The van der Waals surface area contributed by atoms with Gasteiger partial charge in [0.15, 0.2) is 0 Å². The van der Waals surface area contributed by atoms with Crippen molar-refractivity contribution in [2.24, 2.45) is 5.73 Å². The number of carbonyl (C=O) groups excluding carboxylic acids is 2. The third kappa shape index (κ3) is 3.88. The number of nitrogens with one attached hydrogen (secondary N) is 1. The van der Waals surface area contributed by atoms with Crippen LogP contribution in [0.1, 0.15) is 15.9 Å². The summed E-state index contributed by atoms with van der Waals surface area (Å²) >= 11 is 5.81. The van der Waals surface area contributed by atoms with Crippen LogP contribution in [0.3, 0.4) is 0 Å². The Morgan fingerprint density at radius 1 is 0.966 bits per heavy atom. The summed E-state index contributed by atoms with van der Waals surface area (Å²) < 4.78 is 0. The molecule has 0 spiro atoms. The Bertz CT molecular complexity index is 1170. The van der Waals surface area contributed by atoms with Gasteiger partial charge in [-0.3, -0.25) is 9.59 Å². The van der Waals surface area contributed by atoms with E-state index >= 15 is 0 Å². The second-order valence-electron chi connectivity index (χ2n) is 6.64. The summed E-state index contributed by atoms with van der Waals surface area (Å²) in [7, 11) is 0. The molecule has 3 N–H and O–H groups in total. The zero-order valence-corrected chi connectivity index (χ0v) is 16.1. The topological polar surface area (TPSA) is 98.0 Å². The number of amides is 2. The average Bonchev–Trinajstić information content (AvgIpc) is 2.72. The molecule has 0 aliphatic rings. The van der Waals surface area contributed by atoms with E-state index in [-0.39, 0.29) is 12.3 Å². The molecule has 0 bridgehead atoms. The van der Waals surface area contributed by atoms with E-state index in [1.807, 2.05) is 48.5 Å². The smallest absolute Gasteiger partial charge is 0.253 e.